The number of fused-ring (bicyclic) bond motifs is 1. The van der Waals surface area contributed by atoms with Crippen LogP contribution in [-0.2, 0) is 11.2 Å². The molecule has 3 aromatic rings. The van der Waals surface area contributed by atoms with Gasteiger partial charge in [-0.05, 0) is 81.0 Å². The minimum atomic E-state index is 0.0575. The van der Waals surface area contributed by atoms with Crippen molar-refractivity contribution >= 4 is 22.4 Å². The molecular formula is C26H32N4O2. The highest BCUT2D eigenvalue weighted by atomic mass is 16.5. The Hall–Kier alpha value is -2.99. The molecule has 1 aliphatic rings. The molecule has 32 heavy (non-hydrogen) atoms. The third-order valence-electron chi connectivity index (χ3n) is 6.37. The van der Waals surface area contributed by atoms with Crippen LogP contribution in [0.1, 0.15) is 38.4 Å². The summed E-state index contributed by atoms with van der Waals surface area (Å²) in [5, 5.41) is 5.17. The first kappa shape index (κ1) is 22.2. The lowest BCUT2D eigenvalue weighted by Gasteiger charge is -2.28. The van der Waals surface area contributed by atoms with Crippen molar-refractivity contribution in [3.63, 3.8) is 0 Å². The van der Waals surface area contributed by atoms with Gasteiger partial charge in [0.25, 0.3) is 0 Å². The molecule has 1 saturated heterocycles. The number of hydrogen-bond donors (Lipinski definition) is 1. The van der Waals surface area contributed by atoms with Crippen LogP contribution in [0.5, 0.6) is 5.75 Å². The normalized spacial score (nSPS) is 15.1. The largest absolute Gasteiger partial charge is 0.497 e. The number of nitrogens with zero attached hydrogens (tertiary/aromatic N) is 3. The van der Waals surface area contributed by atoms with Gasteiger partial charge in [0, 0.05) is 35.7 Å². The number of carbonyl (C=O) groups excluding carboxylic acids is 1. The molecular weight excluding hydrogens is 400 g/mol. The number of amides is 1. The molecule has 1 amide bonds. The number of ether oxygens (including phenoxy) is 1. The predicted molar refractivity (Wildman–Crippen MR) is 129 cm³/mol. The number of methoxy groups -OCH3 is 1. The molecule has 2 aromatic carbocycles. The average molecular weight is 433 g/mol. The van der Waals surface area contributed by atoms with Crippen molar-refractivity contribution in [3.8, 4) is 17.0 Å². The molecule has 0 atom stereocenters. The minimum absolute atomic E-state index is 0.0575. The van der Waals surface area contributed by atoms with Crippen molar-refractivity contribution in [3.05, 3.63) is 48.4 Å². The maximum absolute atomic E-state index is 12.9. The number of benzene rings is 2. The quantitative estimate of drug-likeness (QED) is 0.573. The number of likely N-dealkylation sites (tertiary alicyclic amines) is 1. The second-order valence-electron chi connectivity index (χ2n) is 8.66. The van der Waals surface area contributed by atoms with Gasteiger partial charge in [-0.1, -0.05) is 13.0 Å². The lowest BCUT2D eigenvalue weighted by Crippen LogP contribution is -2.30. The van der Waals surface area contributed by atoms with Crippen LogP contribution in [0.2, 0.25) is 0 Å². The first-order chi connectivity index (χ1) is 15.6. The van der Waals surface area contributed by atoms with Crippen molar-refractivity contribution in [1.82, 2.24) is 14.9 Å². The van der Waals surface area contributed by atoms with E-state index in [0.717, 1.165) is 65.2 Å². The molecule has 6 heteroatoms. The minimum Gasteiger partial charge on any atom is -0.497 e. The maximum atomic E-state index is 12.9. The number of rotatable bonds is 7. The van der Waals surface area contributed by atoms with Crippen LogP contribution in [0.25, 0.3) is 22.0 Å². The van der Waals surface area contributed by atoms with Gasteiger partial charge in [0.2, 0.25) is 5.91 Å². The number of aromatic nitrogens is 2. The number of hydrogen-bond acceptors (Lipinski definition) is 5. The van der Waals surface area contributed by atoms with Crippen LogP contribution in [0.3, 0.4) is 0 Å². The number of carbonyl (C=O) groups is 1. The van der Waals surface area contributed by atoms with E-state index >= 15 is 0 Å². The number of nitrogens with one attached hydrogen (secondary N) is 1. The highest BCUT2D eigenvalue weighted by Crippen LogP contribution is 2.33. The van der Waals surface area contributed by atoms with E-state index in [4.69, 9.17) is 4.74 Å². The summed E-state index contributed by atoms with van der Waals surface area (Å²) in [5.74, 6) is 2.26. The van der Waals surface area contributed by atoms with Crippen molar-refractivity contribution < 1.29 is 9.53 Å². The molecule has 6 nitrogen and oxygen atoms in total. The van der Waals surface area contributed by atoms with E-state index in [1.165, 1.54) is 12.8 Å². The summed E-state index contributed by atoms with van der Waals surface area (Å²) in [6, 6.07) is 12.0. The maximum Gasteiger partial charge on any atom is 0.224 e. The Morgan fingerprint density at radius 3 is 2.75 bits per heavy atom. The fourth-order valence-electron chi connectivity index (χ4n) is 4.34. The van der Waals surface area contributed by atoms with E-state index in [1.807, 2.05) is 37.3 Å². The molecule has 0 bridgehead atoms. The Bertz CT molecular complexity index is 1090. The second kappa shape index (κ2) is 10.1. The van der Waals surface area contributed by atoms with Crippen molar-refractivity contribution in [2.24, 2.45) is 5.92 Å². The fourth-order valence-corrected chi connectivity index (χ4v) is 4.34. The van der Waals surface area contributed by atoms with E-state index in [1.54, 1.807) is 13.3 Å². The van der Waals surface area contributed by atoms with Crippen LogP contribution in [-0.4, -0.2) is 48.0 Å². The highest BCUT2D eigenvalue weighted by molar-refractivity contribution is 6.04. The average Bonchev–Trinajstić information content (AvgIpc) is 2.83. The summed E-state index contributed by atoms with van der Waals surface area (Å²) < 4.78 is 5.43. The summed E-state index contributed by atoms with van der Waals surface area (Å²) in [4.78, 5) is 24.2. The molecule has 168 valence electrons. The number of piperidine rings is 1. The number of aryl methyl sites for hydroxylation is 1. The summed E-state index contributed by atoms with van der Waals surface area (Å²) >= 11 is 0. The van der Waals surface area contributed by atoms with Gasteiger partial charge in [0.05, 0.1) is 12.8 Å². The molecule has 1 N–H and O–H groups in total. The predicted octanol–water partition coefficient (Wildman–Crippen LogP) is 4.93. The summed E-state index contributed by atoms with van der Waals surface area (Å²) in [6.45, 7) is 4.29. The molecule has 2 heterocycles. The molecule has 0 radical (unpaired) electrons. The van der Waals surface area contributed by atoms with Gasteiger partial charge in [0.15, 0.2) is 0 Å². The lowest BCUT2D eigenvalue weighted by molar-refractivity contribution is -0.116. The second-order valence-corrected chi connectivity index (χ2v) is 8.66. The van der Waals surface area contributed by atoms with Gasteiger partial charge in [-0.2, -0.15) is 0 Å². The summed E-state index contributed by atoms with van der Waals surface area (Å²) in [5.41, 5.74) is 2.61. The van der Waals surface area contributed by atoms with Crippen molar-refractivity contribution in [2.45, 2.75) is 39.0 Å². The van der Waals surface area contributed by atoms with Gasteiger partial charge in [0.1, 0.15) is 11.6 Å². The van der Waals surface area contributed by atoms with Crippen LogP contribution in [0.15, 0.2) is 42.6 Å². The highest BCUT2D eigenvalue weighted by Gasteiger charge is 2.18. The van der Waals surface area contributed by atoms with Crippen LogP contribution >= 0.6 is 0 Å². The Morgan fingerprint density at radius 2 is 2.00 bits per heavy atom. The van der Waals surface area contributed by atoms with Gasteiger partial charge in [-0.15, -0.1) is 0 Å². The SMILES string of the molecule is CCc1nccc(-c2cc(NC(=O)CCC3CCN(C)CC3)c3cc(OC)ccc3c2)n1. The summed E-state index contributed by atoms with van der Waals surface area (Å²) in [6.07, 6.45) is 6.39. The standard InChI is InChI=1S/C26H32N4O2/c1-4-25-27-12-9-23(28-25)20-15-19-6-7-21(32-3)17-22(19)24(16-20)29-26(31)8-5-18-10-13-30(2)14-11-18/h6-7,9,12,15-18H,4-5,8,10-11,13-14H2,1-3H3,(H,29,31). The lowest BCUT2D eigenvalue weighted by atomic mass is 9.92. The van der Waals surface area contributed by atoms with Crippen LogP contribution in [0, 0.1) is 5.92 Å². The van der Waals surface area contributed by atoms with E-state index in [-0.39, 0.29) is 5.91 Å². The third-order valence-corrected chi connectivity index (χ3v) is 6.37. The van der Waals surface area contributed by atoms with Crippen molar-refractivity contribution in [2.75, 3.05) is 32.6 Å². The Balaban J connectivity index is 1.59. The zero-order valence-electron chi connectivity index (χ0n) is 19.2. The van der Waals surface area contributed by atoms with E-state index < -0.39 is 0 Å². The van der Waals surface area contributed by atoms with Crippen LogP contribution < -0.4 is 10.1 Å². The smallest absolute Gasteiger partial charge is 0.224 e. The molecule has 1 aliphatic heterocycles. The Kier molecular flexibility index (Phi) is 7.00. The van der Waals surface area contributed by atoms with E-state index in [2.05, 4.69) is 33.3 Å². The van der Waals surface area contributed by atoms with Crippen molar-refractivity contribution in [1.29, 1.82) is 0 Å². The number of anilines is 1. The Morgan fingerprint density at radius 1 is 1.19 bits per heavy atom. The van der Waals surface area contributed by atoms with Gasteiger partial charge in [-0.25, -0.2) is 9.97 Å². The molecule has 1 aromatic heterocycles. The van der Waals surface area contributed by atoms with Gasteiger partial charge >= 0.3 is 0 Å². The molecule has 0 aliphatic carbocycles. The van der Waals surface area contributed by atoms with Gasteiger partial charge in [-0.3, -0.25) is 4.79 Å². The first-order valence-electron chi connectivity index (χ1n) is 11.5. The molecule has 0 spiro atoms. The zero-order valence-corrected chi connectivity index (χ0v) is 19.2. The third kappa shape index (κ3) is 5.25. The monoisotopic (exact) mass is 432 g/mol. The summed E-state index contributed by atoms with van der Waals surface area (Å²) in [7, 11) is 3.82. The van der Waals surface area contributed by atoms with E-state index in [0.29, 0.717) is 12.3 Å². The zero-order chi connectivity index (χ0) is 22.5. The van der Waals surface area contributed by atoms with Crippen LogP contribution in [0.4, 0.5) is 5.69 Å². The van der Waals surface area contributed by atoms with Gasteiger partial charge < -0.3 is 15.0 Å². The molecule has 0 unspecified atom stereocenters. The first-order valence-corrected chi connectivity index (χ1v) is 11.5. The fraction of sp³-hybridized carbons (Fsp3) is 0.423. The van der Waals surface area contributed by atoms with E-state index in [9.17, 15) is 4.79 Å². The topological polar surface area (TPSA) is 67.4 Å². The Labute approximate surface area is 190 Å². The molecule has 1 fully saturated rings. The molecule has 4 rings (SSSR count). The molecule has 0 saturated carbocycles.